The molecule has 0 fully saturated rings. The van der Waals surface area contributed by atoms with Gasteiger partial charge in [-0.3, -0.25) is 4.79 Å². The molecule has 0 saturated heterocycles. The van der Waals surface area contributed by atoms with Crippen LogP contribution in [-0.4, -0.2) is 34.3 Å². The van der Waals surface area contributed by atoms with E-state index < -0.39 is 0 Å². The summed E-state index contributed by atoms with van der Waals surface area (Å²) in [6, 6.07) is 17.4. The fourth-order valence-corrected chi connectivity index (χ4v) is 3.95. The number of amides is 1. The number of hydrogen-bond acceptors (Lipinski definition) is 4. The smallest absolute Gasteiger partial charge is 0.251 e. The highest BCUT2D eigenvalue weighted by Gasteiger charge is 2.16. The van der Waals surface area contributed by atoms with E-state index in [0.29, 0.717) is 18.5 Å². The molecule has 0 atom stereocenters. The van der Waals surface area contributed by atoms with Gasteiger partial charge in [-0.15, -0.1) is 10.2 Å². The molecule has 1 amide bonds. The normalized spacial score (nSPS) is 13.9. The van der Waals surface area contributed by atoms with E-state index in [1.165, 1.54) is 12.8 Å². The summed E-state index contributed by atoms with van der Waals surface area (Å²) in [5.41, 5.74) is 2.33. The average molecular weight is 417 g/mol. The van der Waals surface area contributed by atoms with Gasteiger partial charge in [-0.25, -0.2) is 0 Å². The van der Waals surface area contributed by atoms with Crippen molar-refractivity contribution in [1.29, 1.82) is 0 Å². The number of carbonyl (C=O) groups excluding carboxylic acids is 1. The molecule has 1 aromatic heterocycles. The topological polar surface area (TPSA) is 69.0 Å². The first kappa shape index (κ1) is 20.8. The van der Waals surface area contributed by atoms with Gasteiger partial charge >= 0.3 is 0 Å². The maximum Gasteiger partial charge on any atom is 0.251 e. The van der Waals surface area contributed by atoms with Crippen LogP contribution in [0.4, 0.5) is 0 Å². The number of benzene rings is 2. The van der Waals surface area contributed by atoms with Gasteiger partial charge in [0, 0.05) is 37.1 Å². The molecule has 2 heterocycles. The third-order valence-corrected chi connectivity index (χ3v) is 5.59. The van der Waals surface area contributed by atoms with Crippen LogP contribution in [0.25, 0.3) is 11.6 Å². The van der Waals surface area contributed by atoms with E-state index in [4.69, 9.17) is 4.74 Å². The minimum absolute atomic E-state index is 0.118. The van der Waals surface area contributed by atoms with Crippen molar-refractivity contribution in [2.24, 2.45) is 0 Å². The molecule has 0 aliphatic carbocycles. The fourth-order valence-electron chi connectivity index (χ4n) is 3.95. The molecule has 0 bridgehead atoms. The predicted molar refractivity (Wildman–Crippen MR) is 122 cm³/mol. The molecule has 6 nitrogen and oxygen atoms in total. The minimum atomic E-state index is -0.118. The maximum absolute atomic E-state index is 13.2. The summed E-state index contributed by atoms with van der Waals surface area (Å²) in [4.78, 5) is 13.2. The lowest BCUT2D eigenvalue weighted by atomic mass is 10.0. The number of fused-ring (bicyclic) bond motifs is 1. The number of methoxy groups -OCH3 is 1. The van der Waals surface area contributed by atoms with Crippen LogP contribution >= 0.6 is 0 Å². The van der Waals surface area contributed by atoms with Crippen LogP contribution in [0.2, 0.25) is 0 Å². The molecule has 1 aliphatic rings. The van der Waals surface area contributed by atoms with Crippen molar-refractivity contribution in [2.45, 2.75) is 38.6 Å². The zero-order chi connectivity index (χ0) is 21.5. The number of nitrogens with zero attached hydrogens (tertiary/aromatic N) is 3. The molecule has 31 heavy (non-hydrogen) atoms. The molecule has 0 unspecified atom stereocenters. The van der Waals surface area contributed by atoms with Crippen LogP contribution in [0.15, 0.2) is 54.6 Å². The van der Waals surface area contributed by atoms with E-state index in [2.05, 4.69) is 20.1 Å². The Morgan fingerprint density at radius 2 is 1.87 bits per heavy atom. The Bertz CT molecular complexity index is 1060. The first-order valence-electron chi connectivity index (χ1n) is 10.9. The molecule has 2 aromatic carbocycles. The quantitative estimate of drug-likeness (QED) is 0.468. The second kappa shape index (κ2) is 10.1. The van der Waals surface area contributed by atoms with Gasteiger partial charge in [0.05, 0.1) is 7.11 Å². The molecule has 1 N–H and O–H groups in total. The first-order valence-corrected chi connectivity index (χ1v) is 10.9. The number of aryl methyl sites for hydroxylation is 1. The Hall–Kier alpha value is -3.41. The van der Waals surface area contributed by atoms with E-state index in [1.807, 2.05) is 60.7 Å². The number of aromatic nitrogens is 3. The summed E-state index contributed by atoms with van der Waals surface area (Å²) < 4.78 is 7.68. The SMILES string of the molecule is COc1ccccc1/C=C(/C(=O)NCCc1nnc2n1CCCCC2)c1ccccc1. The Labute approximate surface area is 183 Å². The van der Waals surface area contributed by atoms with Crippen LogP contribution < -0.4 is 10.1 Å². The molecule has 1 aliphatic heterocycles. The molecule has 0 spiro atoms. The van der Waals surface area contributed by atoms with Gasteiger partial charge < -0.3 is 14.6 Å². The molecule has 4 rings (SSSR count). The first-order chi connectivity index (χ1) is 15.3. The van der Waals surface area contributed by atoms with Crippen LogP contribution in [0.1, 0.15) is 42.0 Å². The third kappa shape index (κ3) is 5.02. The van der Waals surface area contributed by atoms with E-state index in [9.17, 15) is 4.79 Å². The predicted octanol–water partition coefficient (Wildman–Crippen LogP) is 3.91. The molecule has 0 radical (unpaired) electrons. The highest BCUT2D eigenvalue weighted by atomic mass is 16.5. The Morgan fingerprint density at radius 1 is 1.06 bits per heavy atom. The molecule has 0 saturated carbocycles. The highest BCUT2D eigenvalue weighted by Crippen LogP contribution is 2.25. The van der Waals surface area contributed by atoms with Crippen LogP contribution in [0.5, 0.6) is 5.75 Å². The second-order valence-electron chi connectivity index (χ2n) is 7.67. The monoisotopic (exact) mass is 416 g/mol. The lowest BCUT2D eigenvalue weighted by Gasteiger charge is -2.12. The number of rotatable bonds is 7. The van der Waals surface area contributed by atoms with Crippen LogP contribution in [-0.2, 0) is 24.2 Å². The summed E-state index contributed by atoms with van der Waals surface area (Å²) in [6.45, 7) is 1.47. The van der Waals surface area contributed by atoms with Gasteiger partial charge in [-0.05, 0) is 30.5 Å². The van der Waals surface area contributed by atoms with Gasteiger partial charge in [-0.2, -0.15) is 0 Å². The minimum Gasteiger partial charge on any atom is -0.496 e. The molecule has 6 heteroatoms. The Kier molecular flexibility index (Phi) is 6.77. The number of ether oxygens (including phenoxy) is 1. The summed E-state index contributed by atoms with van der Waals surface area (Å²) in [5, 5.41) is 11.8. The highest BCUT2D eigenvalue weighted by molar-refractivity contribution is 6.24. The zero-order valence-electron chi connectivity index (χ0n) is 17.9. The second-order valence-corrected chi connectivity index (χ2v) is 7.67. The van der Waals surface area contributed by atoms with Crippen molar-refractivity contribution in [3.05, 3.63) is 77.4 Å². The van der Waals surface area contributed by atoms with E-state index >= 15 is 0 Å². The standard InChI is InChI=1S/C25H28N4O2/c1-31-22-13-8-7-12-20(22)18-21(19-10-4-2-5-11-19)25(30)26-16-15-24-28-27-23-14-6-3-9-17-29(23)24/h2,4-5,7-8,10-13,18H,3,6,9,14-17H2,1H3,(H,26,30)/b21-18+. The van der Waals surface area contributed by atoms with Crippen molar-refractivity contribution >= 4 is 17.6 Å². The lowest BCUT2D eigenvalue weighted by molar-refractivity contribution is -0.115. The molecular weight excluding hydrogens is 388 g/mol. The summed E-state index contributed by atoms with van der Waals surface area (Å²) in [6.07, 6.45) is 7.09. The van der Waals surface area contributed by atoms with Gasteiger partial charge in [0.1, 0.15) is 17.4 Å². The van der Waals surface area contributed by atoms with Crippen LogP contribution in [0.3, 0.4) is 0 Å². The van der Waals surface area contributed by atoms with Crippen molar-refractivity contribution in [3.8, 4) is 5.75 Å². The van der Waals surface area contributed by atoms with E-state index in [-0.39, 0.29) is 5.91 Å². The Balaban J connectivity index is 1.51. The van der Waals surface area contributed by atoms with Crippen molar-refractivity contribution in [2.75, 3.05) is 13.7 Å². The van der Waals surface area contributed by atoms with Crippen LogP contribution in [0, 0.1) is 0 Å². The molecular formula is C25H28N4O2. The summed E-state index contributed by atoms with van der Waals surface area (Å²) in [5.74, 6) is 2.63. The largest absolute Gasteiger partial charge is 0.496 e. The number of para-hydroxylation sites is 1. The van der Waals surface area contributed by atoms with Gasteiger partial charge in [0.25, 0.3) is 5.91 Å². The number of carbonyl (C=O) groups is 1. The van der Waals surface area contributed by atoms with Crippen molar-refractivity contribution < 1.29 is 9.53 Å². The summed E-state index contributed by atoms with van der Waals surface area (Å²) in [7, 11) is 1.64. The molecule has 3 aromatic rings. The van der Waals surface area contributed by atoms with Crippen molar-refractivity contribution in [3.63, 3.8) is 0 Å². The van der Waals surface area contributed by atoms with Gasteiger partial charge in [0.2, 0.25) is 0 Å². The van der Waals surface area contributed by atoms with Gasteiger partial charge in [-0.1, -0.05) is 55.0 Å². The Morgan fingerprint density at radius 3 is 2.71 bits per heavy atom. The fraction of sp³-hybridized carbons (Fsp3) is 0.320. The van der Waals surface area contributed by atoms with Gasteiger partial charge in [0.15, 0.2) is 0 Å². The zero-order valence-corrected chi connectivity index (χ0v) is 17.9. The van der Waals surface area contributed by atoms with Crippen molar-refractivity contribution in [1.82, 2.24) is 20.1 Å². The third-order valence-electron chi connectivity index (χ3n) is 5.59. The molecule has 160 valence electrons. The maximum atomic E-state index is 13.2. The number of hydrogen-bond donors (Lipinski definition) is 1. The number of nitrogens with one attached hydrogen (secondary N) is 1. The summed E-state index contributed by atoms with van der Waals surface area (Å²) >= 11 is 0. The average Bonchev–Trinajstić information content (AvgIpc) is 3.03. The van der Waals surface area contributed by atoms with E-state index in [0.717, 1.165) is 47.9 Å². The van der Waals surface area contributed by atoms with E-state index in [1.54, 1.807) is 7.11 Å². The lowest BCUT2D eigenvalue weighted by Crippen LogP contribution is -2.27.